The van der Waals surface area contributed by atoms with Crippen LogP contribution >= 0.6 is 30.0 Å². The van der Waals surface area contributed by atoms with Crippen LogP contribution in [0.4, 0.5) is 5.69 Å². The molecule has 6 heteroatoms. The van der Waals surface area contributed by atoms with Crippen LogP contribution < -0.4 is 5.73 Å². The third-order valence-corrected chi connectivity index (χ3v) is 5.24. The number of rotatable bonds is 0. The van der Waals surface area contributed by atoms with E-state index in [1.54, 1.807) is 0 Å². The van der Waals surface area contributed by atoms with Gasteiger partial charge < -0.3 is 14.6 Å². The monoisotopic (exact) mass is 571 g/mol. The van der Waals surface area contributed by atoms with E-state index in [1.165, 1.54) is 10.8 Å². The summed E-state index contributed by atoms with van der Waals surface area (Å²) in [6.07, 6.45) is 0. The predicted molar refractivity (Wildman–Crippen MR) is 128 cm³/mol. The van der Waals surface area contributed by atoms with Crippen LogP contribution in [-0.4, -0.2) is 0 Å². The maximum absolute atomic E-state index is 5.70. The number of furan rings is 2. The number of nitrogen functional groups attached to an aromatic ring is 1. The Morgan fingerprint density at radius 2 is 1.03 bits per heavy atom. The molecule has 0 aliphatic carbocycles. The molecule has 2 N–H and O–H groups in total. The van der Waals surface area contributed by atoms with Crippen molar-refractivity contribution in [1.29, 1.82) is 0 Å². The van der Waals surface area contributed by atoms with E-state index in [0.717, 1.165) is 43.3 Å². The summed E-state index contributed by atoms with van der Waals surface area (Å²) < 4.78 is 12.4. The molecule has 154 valence electrons. The first-order chi connectivity index (χ1) is 14.7. The van der Waals surface area contributed by atoms with E-state index < -0.39 is 0 Å². The number of fused-ring (bicyclic) bond motifs is 6. The summed E-state index contributed by atoms with van der Waals surface area (Å²) in [5, 5.41) is 4.61. The van der Waals surface area contributed by atoms with Gasteiger partial charge in [-0.2, -0.15) is 0 Å². The van der Waals surface area contributed by atoms with Gasteiger partial charge in [-0.05, 0) is 42.5 Å². The molecule has 0 amide bonds. The Kier molecular flexibility index (Phi) is 6.49. The molecule has 0 fully saturated rings. The van der Waals surface area contributed by atoms with Crippen LogP contribution in [0.25, 0.3) is 43.9 Å². The fourth-order valence-electron chi connectivity index (χ4n) is 3.44. The zero-order chi connectivity index (χ0) is 21.1. The fraction of sp³-hybridized carbons (Fsp3) is 0. The molecular weight excluding hydrogens is 558 g/mol. The summed E-state index contributed by atoms with van der Waals surface area (Å²) in [5.41, 5.74) is 10.1. The molecule has 2 aromatic heterocycles. The van der Waals surface area contributed by atoms with Gasteiger partial charge in [0.05, 0.1) is 0 Å². The van der Waals surface area contributed by atoms with Crippen LogP contribution in [-0.2, 0) is 14.2 Å². The first kappa shape index (κ1) is 21.0. The van der Waals surface area contributed by atoms with E-state index in [9.17, 15) is 0 Å². The summed E-state index contributed by atoms with van der Waals surface area (Å²) in [4.78, 5) is 0. The third kappa shape index (κ3) is 4.14. The minimum absolute atomic E-state index is 0.733. The van der Waals surface area contributed by atoms with Gasteiger partial charge >= 0.3 is 28.3 Å². The second-order valence-electron chi connectivity index (χ2n) is 6.59. The van der Waals surface area contributed by atoms with Crippen molar-refractivity contribution in [3.05, 3.63) is 89.4 Å². The number of hydrogen-bond donors (Lipinski definition) is 1. The molecule has 30 heavy (non-hydrogen) atoms. The van der Waals surface area contributed by atoms with Crippen LogP contribution in [0, 0.1) is 0 Å². The molecule has 0 radical (unpaired) electrons. The van der Waals surface area contributed by atoms with Gasteiger partial charge in [0.1, 0.15) is 22.3 Å². The van der Waals surface area contributed by atoms with Crippen molar-refractivity contribution < 1.29 is 23.0 Å². The Hall–Kier alpha value is -2.24. The number of benzene rings is 4. The molecule has 4 aromatic carbocycles. The number of hydrogen-bond acceptors (Lipinski definition) is 3. The first-order valence-electron chi connectivity index (χ1n) is 9.04. The molecule has 2 heterocycles. The topological polar surface area (TPSA) is 52.3 Å². The zero-order valence-electron chi connectivity index (χ0n) is 15.5. The van der Waals surface area contributed by atoms with Gasteiger partial charge in [-0.15, -0.1) is 0 Å². The molecular formula is C24H16Br2CuNO2. The molecule has 0 saturated heterocycles. The molecule has 0 saturated carbocycles. The quantitative estimate of drug-likeness (QED) is 0.147. The molecule has 3 nitrogen and oxygen atoms in total. The van der Waals surface area contributed by atoms with Gasteiger partial charge in [0.15, 0.2) is 0 Å². The standard InChI is InChI=1S/C12H7BrO.C12H9NO.BrH.Cu/c2*13-8-5-6-10-9-3-1-2-4-11(9)14-12(10)7-8;;/h1-7H;1-7H,13H2;1H;/q;;;+1/p-1. The van der Waals surface area contributed by atoms with Gasteiger partial charge in [0, 0.05) is 37.8 Å². The van der Waals surface area contributed by atoms with Crippen LogP contribution in [0.15, 0.2) is 98.2 Å². The summed E-state index contributed by atoms with van der Waals surface area (Å²) >= 11 is 9.93. The van der Waals surface area contributed by atoms with E-state index in [2.05, 4.69) is 62.4 Å². The molecule has 0 unspecified atom stereocenters. The van der Waals surface area contributed by atoms with Crippen molar-refractivity contribution in [2.45, 2.75) is 0 Å². The zero-order valence-corrected chi connectivity index (χ0v) is 19.6. The Labute approximate surface area is 196 Å². The normalized spacial score (nSPS) is 10.7. The van der Waals surface area contributed by atoms with Gasteiger partial charge in [-0.1, -0.05) is 52.3 Å². The second kappa shape index (κ2) is 9.27. The van der Waals surface area contributed by atoms with Gasteiger partial charge in [-0.3, -0.25) is 0 Å². The van der Waals surface area contributed by atoms with E-state index in [-0.39, 0.29) is 0 Å². The summed E-state index contributed by atoms with van der Waals surface area (Å²) in [6, 6.07) is 27.9. The molecule has 6 aromatic rings. The van der Waals surface area contributed by atoms with Crippen molar-refractivity contribution in [3.63, 3.8) is 0 Å². The first-order valence-corrected chi connectivity index (χ1v) is 12.2. The summed E-state index contributed by atoms with van der Waals surface area (Å²) in [5.74, 6) is 0. The average molecular weight is 574 g/mol. The van der Waals surface area contributed by atoms with Crippen LogP contribution in [0.3, 0.4) is 0 Å². The van der Waals surface area contributed by atoms with Crippen molar-refractivity contribution >= 4 is 79.6 Å². The van der Waals surface area contributed by atoms with Gasteiger partial charge in [0.2, 0.25) is 0 Å². The van der Waals surface area contributed by atoms with Crippen molar-refractivity contribution in [2.75, 3.05) is 5.73 Å². The second-order valence-corrected chi connectivity index (χ2v) is 7.51. The van der Waals surface area contributed by atoms with Gasteiger partial charge in [-0.25, -0.2) is 0 Å². The molecule has 0 spiro atoms. The Bertz CT molecular complexity index is 1340. The van der Waals surface area contributed by atoms with Crippen LogP contribution in [0.5, 0.6) is 0 Å². The summed E-state index contributed by atoms with van der Waals surface area (Å²) in [6.45, 7) is 0. The van der Waals surface area contributed by atoms with E-state index >= 15 is 0 Å². The fourth-order valence-corrected chi connectivity index (χ4v) is 3.78. The molecule has 0 bridgehead atoms. The SMILES string of the molecule is Brc1ccc2c(c1)oc1ccccc12.Nc1ccc2c(c1)oc1ccccc12.[Cu][Br]. The molecule has 0 atom stereocenters. The molecule has 6 rings (SSSR count). The number of nitrogens with two attached hydrogens (primary N) is 1. The predicted octanol–water partition coefficient (Wildman–Crippen LogP) is 8.36. The van der Waals surface area contributed by atoms with Crippen molar-refractivity contribution in [1.82, 2.24) is 0 Å². The van der Waals surface area contributed by atoms with Crippen molar-refractivity contribution in [3.8, 4) is 0 Å². The Morgan fingerprint density at radius 3 is 1.63 bits per heavy atom. The van der Waals surface area contributed by atoms with Gasteiger partial charge in [0.25, 0.3) is 0 Å². The maximum atomic E-state index is 5.70. The Morgan fingerprint density at radius 1 is 0.567 bits per heavy atom. The Balaban J connectivity index is 0.000000134. The average Bonchev–Trinajstić information content (AvgIpc) is 3.32. The molecule has 0 aliphatic rings. The number of para-hydroxylation sites is 2. The van der Waals surface area contributed by atoms with Crippen molar-refractivity contribution in [2.24, 2.45) is 0 Å². The van der Waals surface area contributed by atoms with E-state index in [4.69, 9.17) is 14.6 Å². The third-order valence-electron chi connectivity index (χ3n) is 4.74. The van der Waals surface area contributed by atoms with Crippen LogP contribution in [0.1, 0.15) is 0 Å². The summed E-state index contributed by atoms with van der Waals surface area (Å²) in [7, 11) is 0. The molecule has 0 aliphatic heterocycles. The van der Waals surface area contributed by atoms with Crippen LogP contribution in [0.2, 0.25) is 0 Å². The number of halogens is 2. The van der Waals surface area contributed by atoms with E-state index in [0.29, 0.717) is 0 Å². The number of anilines is 1. The minimum atomic E-state index is 0.733. The van der Waals surface area contributed by atoms with E-state index in [1.807, 2.05) is 66.7 Å².